The Morgan fingerprint density at radius 1 is 1.05 bits per heavy atom. The first-order valence-electron chi connectivity index (χ1n) is 6.40. The van der Waals surface area contributed by atoms with Crippen LogP contribution in [0.4, 0.5) is 5.69 Å². The molecule has 6 heteroatoms. The van der Waals surface area contributed by atoms with Crippen molar-refractivity contribution in [2.24, 2.45) is 0 Å². The first kappa shape index (κ1) is 14.5. The number of nitrogens with zero attached hydrogens (tertiary/aromatic N) is 1. The van der Waals surface area contributed by atoms with Crippen molar-refractivity contribution in [1.82, 2.24) is 0 Å². The number of hydrogen-bond donors (Lipinski definition) is 0. The highest BCUT2D eigenvalue weighted by atomic mass is 79.9. The van der Waals surface area contributed by atoms with Crippen LogP contribution in [0, 0.1) is 6.92 Å². The maximum Gasteiger partial charge on any atom is 0.266 e. The Morgan fingerprint density at radius 2 is 1.73 bits per heavy atom. The van der Waals surface area contributed by atoms with Gasteiger partial charge in [-0.3, -0.25) is 9.59 Å². The van der Waals surface area contributed by atoms with Crippen LogP contribution >= 0.6 is 15.9 Å². The molecule has 0 N–H and O–H groups in total. The smallest absolute Gasteiger partial charge is 0.266 e. The molecule has 2 aromatic carbocycles. The van der Waals surface area contributed by atoms with E-state index in [-0.39, 0.29) is 16.7 Å². The zero-order chi connectivity index (χ0) is 16.0. The Hall–Kier alpha value is -2.47. The molecule has 0 aromatic heterocycles. The summed E-state index contributed by atoms with van der Waals surface area (Å²) in [6.07, 6.45) is 0. The van der Waals surface area contributed by atoms with Gasteiger partial charge in [-0.15, -0.1) is 0 Å². The molecule has 0 saturated heterocycles. The molecule has 0 radical (unpaired) electrons. The van der Waals surface area contributed by atoms with Gasteiger partial charge in [0.1, 0.15) is 0 Å². The summed E-state index contributed by atoms with van der Waals surface area (Å²) >= 11 is 3.36. The molecule has 2 aromatic rings. The number of carbonyl (C=O) groups excluding carboxylic acids is 3. The number of aryl methyl sites for hydroxylation is 1. The molecule has 0 bridgehead atoms. The SMILES string of the molecule is Cc1cc(N2C(=O)c3ccc(C(=O)[O-])cc3C2=O)ccc1Br. The van der Waals surface area contributed by atoms with Crippen LogP contribution < -0.4 is 10.0 Å². The highest BCUT2D eigenvalue weighted by molar-refractivity contribution is 9.10. The van der Waals surface area contributed by atoms with E-state index in [0.717, 1.165) is 14.9 Å². The van der Waals surface area contributed by atoms with E-state index < -0.39 is 17.8 Å². The normalized spacial score (nSPS) is 13.5. The van der Waals surface area contributed by atoms with Gasteiger partial charge in [-0.2, -0.15) is 0 Å². The number of halogens is 1. The first-order valence-corrected chi connectivity index (χ1v) is 7.20. The lowest BCUT2D eigenvalue weighted by molar-refractivity contribution is -0.255. The van der Waals surface area contributed by atoms with Crippen LogP contribution in [0.5, 0.6) is 0 Å². The number of anilines is 1. The van der Waals surface area contributed by atoms with Gasteiger partial charge in [-0.05, 0) is 48.4 Å². The van der Waals surface area contributed by atoms with E-state index in [4.69, 9.17) is 0 Å². The lowest BCUT2D eigenvalue weighted by Gasteiger charge is -2.14. The topological polar surface area (TPSA) is 77.5 Å². The van der Waals surface area contributed by atoms with Crippen molar-refractivity contribution >= 4 is 39.4 Å². The molecule has 1 aliphatic heterocycles. The minimum atomic E-state index is -1.39. The van der Waals surface area contributed by atoms with Crippen LogP contribution in [0.15, 0.2) is 40.9 Å². The lowest BCUT2D eigenvalue weighted by Crippen LogP contribution is -2.29. The van der Waals surface area contributed by atoms with Gasteiger partial charge in [0.05, 0.1) is 22.8 Å². The van der Waals surface area contributed by atoms with E-state index in [1.165, 1.54) is 18.2 Å². The Labute approximate surface area is 134 Å². The molecule has 0 fully saturated rings. The predicted octanol–water partition coefficient (Wildman–Crippen LogP) is 1.92. The Morgan fingerprint density at radius 3 is 2.36 bits per heavy atom. The maximum absolute atomic E-state index is 12.5. The quantitative estimate of drug-likeness (QED) is 0.768. The second-order valence-electron chi connectivity index (χ2n) is 4.93. The summed E-state index contributed by atoms with van der Waals surface area (Å²) in [4.78, 5) is 36.8. The van der Waals surface area contributed by atoms with Crippen molar-refractivity contribution in [3.63, 3.8) is 0 Å². The highest BCUT2D eigenvalue weighted by Gasteiger charge is 2.36. The van der Waals surface area contributed by atoms with E-state index in [2.05, 4.69) is 15.9 Å². The fraction of sp³-hybridized carbons (Fsp3) is 0.0625. The molecule has 2 amide bonds. The van der Waals surface area contributed by atoms with Crippen LogP contribution in [0.3, 0.4) is 0 Å². The van der Waals surface area contributed by atoms with Gasteiger partial charge in [-0.1, -0.05) is 22.0 Å². The van der Waals surface area contributed by atoms with E-state index in [1.54, 1.807) is 18.2 Å². The average Bonchev–Trinajstić information content (AvgIpc) is 2.73. The first-order chi connectivity index (χ1) is 10.4. The second kappa shape index (κ2) is 5.06. The molecule has 0 saturated carbocycles. The third-order valence-electron chi connectivity index (χ3n) is 3.52. The predicted molar refractivity (Wildman–Crippen MR) is 80.8 cm³/mol. The van der Waals surface area contributed by atoms with Gasteiger partial charge in [-0.25, -0.2) is 4.90 Å². The number of carbonyl (C=O) groups is 3. The van der Waals surface area contributed by atoms with Gasteiger partial charge >= 0.3 is 0 Å². The van der Waals surface area contributed by atoms with Crippen molar-refractivity contribution in [3.05, 3.63) is 63.1 Å². The van der Waals surface area contributed by atoms with Gasteiger partial charge in [0, 0.05) is 4.47 Å². The molecule has 5 nitrogen and oxygen atoms in total. The average molecular weight is 359 g/mol. The van der Waals surface area contributed by atoms with Crippen LogP contribution in [-0.4, -0.2) is 17.8 Å². The number of amides is 2. The van der Waals surface area contributed by atoms with Crippen LogP contribution in [0.2, 0.25) is 0 Å². The van der Waals surface area contributed by atoms with Crippen LogP contribution in [0.25, 0.3) is 0 Å². The van der Waals surface area contributed by atoms with E-state index >= 15 is 0 Å². The van der Waals surface area contributed by atoms with Gasteiger partial charge in [0.25, 0.3) is 11.8 Å². The molecule has 22 heavy (non-hydrogen) atoms. The standard InChI is InChI=1S/C16H10BrNO4/c1-8-6-10(3-5-13(8)17)18-14(19)11-4-2-9(16(21)22)7-12(11)15(18)20/h2-7H,1H3,(H,21,22)/p-1. The minimum absolute atomic E-state index is 0.0762. The minimum Gasteiger partial charge on any atom is -0.545 e. The molecule has 110 valence electrons. The maximum atomic E-state index is 12.5. The lowest BCUT2D eigenvalue weighted by atomic mass is 10.1. The van der Waals surface area contributed by atoms with Gasteiger partial charge < -0.3 is 9.90 Å². The number of aromatic carboxylic acids is 1. The van der Waals surface area contributed by atoms with E-state index in [9.17, 15) is 19.5 Å². The summed E-state index contributed by atoms with van der Waals surface area (Å²) in [5.74, 6) is -2.39. The second-order valence-corrected chi connectivity index (χ2v) is 5.78. The number of carboxylic acids is 1. The molecule has 1 heterocycles. The molecule has 3 rings (SSSR count). The Kier molecular flexibility index (Phi) is 3.33. The zero-order valence-corrected chi connectivity index (χ0v) is 13.0. The fourth-order valence-electron chi connectivity index (χ4n) is 2.37. The van der Waals surface area contributed by atoms with Gasteiger partial charge in [0.15, 0.2) is 0 Å². The number of rotatable bonds is 2. The zero-order valence-electron chi connectivity index (χ0n) is 11.4. The Balaban J connectivity index is 2.09. The molecule has 0 unspecified atom stereocenters. The summed E-state index contributed by atoms with van der Waals surface area (Å²) in [7, 11) is 0. The van der Waals surface area contributed by atoms with Crippen LogP contribution in [0.1, 0.15) is 36.6 Å². The molecular weight excluding hydrogens is 350 g/mol. The monoisotopic (exact) mass is 358 g/mol. The number of imide groups is 1. The van der Waals surface area contributed by atoms with Crippen molar-refractivity contribution in [2.45, 2.75) is 6.92 Å². The van der Waals surface area contributed by atoms with Crippen molar-refractivity contribution in [2.75, 3.05) is 4.90 Å². The van der Waals surface area contributed by atoms with Crippen molar-refractivity contribution in [1.29, 1.82) is 0 Å². The summed E-state index contributed by atoms with van der Waals surface area (Å²) in [6.45, 7) is 1.85. The largest absolute Gasteiger partial charge is 0.545 e. The summed E-state index contributed by atoms with van der Waals surface area (Å²) < 4.78 is 0.868. The summed E-state index contributed by atoms with van der Waals surface area (Å²) in [5.41, 5.74) is 1.46. The third kappa shape index (κ3) is 2.12. The Bertz CT molecular complexity index is 844. The fourth-order valence-corrected chi connectivity index (χ4v) is 2.62. The molecule has 0 spiro atoms. The molecule has 0 atom stereocenters. The number of carboxylic acid groups (broad SMARTS) is 1. The van der Waals surface area contributed by atoms with E-state index in [0.29, 0.717) is 5.69 Å². The van der Waals surface area contributed by atoms with Crippen molar-refractivity contribution in [3.8, 4) is 0 Å². The summed E-state index contributed by atoms with van der Waals surface area (Å²) in [6, 6.07) is 8.89. The van der Waals surface area contributed by atoms with E-state index in [1.807, 2.05) is 6.92 Å². The highest BCUT2D eigenvalue weighted by Crippen LogP contribution is 2.31. The number of hydrogen-bond acceptors (Lipinski definition) is 4. The number of benzene rings is 2. The molecule has 1 aliphatic rings. The number of fused-ring (bicyclic) bond motifs is 1. The molecular formula is C16H9BrNO4-. The van der Waals surface area contributed by atoms with Crippen molar-refractivity contribution < 1.29 is 19.5 Å². The summed E-state index contributed by atoms with van der Waals surface area (Å²) in [5, 5.41) is 10.9. The molecule has 0 aliphatic carbocycles. The van der Waals surface area contributed by atoms with Gasteiger partial charge in [0.2, 0.25) is 0 Å². The van der Waals surface area contributed by atoms with Crippen LogP contribution in [-0.2, 0) is 0 Å². The third-order valence-corrected chi connectivity index (χ3v) is 4.41.